The van der Waals surface area contributed by atoms with E-state index in [1.807, 2.05) is 0 Å². The Balaban J connectivity index is 2.10. The van der Waals surface area contributed by atoms with Crippen LogP contribution in [0.5, 0.6) is 0 Å². The maximum atomic E-state index is 12.9. The van der Waals surface area contributed by atoms with Crippen molar-refractivity contribution in [3.05, 3.63) is 30.1 Å². The van der Waals surface area contributed by atoms with Crippen LogP contribution in [0.25, 0.3) is 0 Å². The fraction of sp³-hybridized carbons (Fsp3) is 0.357. The van der Waals surface area contributed by atoms with Crippen LogP contribution in [-0.2, 0) is 9.59 Å². The molecule has 1 aromatic carbocycles. The molecule has 24 heavy (non-hydrogen) atoms. The van der Waals surface area contributed by atoms with Crippen LogP contribution in [0.1, 0.15) is 6.92 Å². The first-order valence-corrected chi connectivity index (χ1v) is 6.84. The molecule has 0 spiro atoms. The van der Waals surface area contributed by atoms with Gasteiger partial charge in [-0.1, -0.05) is 0 Å². The molecule has 0 aromatic heterocycles. The maximum absolute atomic E-state index is 12.9. The van der Waals surface area contributed by atoms with Crippen molar-refractivity contribution in [2.24, 2.45) is 0 Å². The summed E-state index contributed by atoms with van der Waals surface area (Å²) in [5, 5.41) is 1.59. The molecule has 1 aromatic rings. The van der Waals surface area contributed by atoms with Gasteiger partial charge in [-0.3, -0.25) is 19.4 Å². The quantitative estimate of drug-likeness (QED) is 0.665. The number of alkyl halides is 3. The highest BCUT2D eigenvalue weighted by Gasteiger charge is 2.44. The molecule has 0 saturated carbocycles. The van der Waals surface area contributed by atoms with E-state index in [1.54, 1.807) is 5.32 Å². The molecule has 1 fully saturated rings. The summed E-state index contributed by atoms with van der Waals surface area (Å²) in [6, 6.07) is 2.94. The first kappa shape index (κ1) is 17.7. The molecule has 1 aliphatic rings. The molecule has 0 aliphatic carbocycles. The highest BCUT2D eigenvalue weighted by Crippen LogP contribution is 2.25. The topological polar surface area (TPSA) is 69.7 Å². The zero-order chi connectivity index (χ0) is 18.1. The Labute approximate surface area is 134 Å². The second-order valence-corrected chi connectivity index (χ2v) is 5.12. The molecule has 6 nitrogen and oxygen atoms in total. The van der Waals surface area contributed by atoms with Crippen molar-refractivity contribution in [3.63, 3.8) is 0 Å². The number of rotatable bonds is 4. The molecular formula is C14H13F4N3O3. The minimum absolute atomic E-state index is 0.237. The molecule has 1 saturated heterocycles. The van der Waals surface area contributed by atoms with E-state index in [2.05, 4.69) is 0 Å². The van der Waals surface area contributed by atoms with E-state index in [-0.39, 0.29) is 5.69 Å². The molecule has 1 atom stereocenters. The predicted molar refractivity (Wildman–Crippen MR) is 74.5 cm³/mol. The van der Waals surface area contributed by atoms with Crippen LogP contribution in [-0.4, -0.2) is 48.1 Å². The van der Waals surface area contributed by atoms with Gasteiger partial charge in [0, 0.05) is 5.69 Å². The van der Waals surface area contributed by atoms with E-state index in [0.717, 1.165) is 17.0 Å². The molecular weight excluding hydrogens is 334 g/mol. The summed E-state index contributed by atoms with van der Waals surface area (Å²) < 4.78 is 49.1. The van der Waals surface area contributed by atoms with Crippen LogP contribution in [0.3, 0.4) is 0 Å². The van der Waals surface area contributed by atoms with Gasteiger partial charge in [0.15, 0.2) is 0 Å². The van der Waals surface area contributed by atoms with Gasteiger partial charge >= 0.3 is 12.2 Å². The summed E-state index contributed by atoms with van der Waals surface area (Å²) >= 11 is 0. The molecule has 1 heterocycles. The summed E-state index contributed by atoms with van der Waals surface area (Å²) in [5.74, 6) is -2.37. The first-order valence-electron chi connectivity index (χ1n) is 6.84. The summed E-state index contributed by atoms with van der Waals surface area (Å²) in [7, 11) is 0. The van der Waals surface area contributed by atoms with E-state index in [0.29, 0.717) is 4.90 Å². The normalized spacial score (nSPS) is 18.3. The van der Waals surface area contributed by atoms with Crippen molar-refractivity contribution in [2.75, 3.05) is 18.0 Å². The monoisotopic (exact) mass is 347 g/mol. The Bertz CT molecular complexity index is 660. The van der Waals surface area contributed by atoms with Gasteiger partial charge in [0.1, 0.15) is 24.9 Å². The van der Waals surface area contributed by atoms with Crippen LogP contribution < -0.4 is 10.2 Å². The fourth-order valence-corrected chi connectivity index (χ4v) is 2.21. The molecule has 4 amide bonds. The van der Waals surface area contributed by atoms with E-state index in [9.17, 15) is 31.9 Å². The van der Waals surface area contributed by atoms with E-state index >= 15 is 0 Å². The number of nitrogens with zero attached hydrogens (tertiary/aromatic N) is 2. The van der Waals surface area contributed by atoms with Crippen LogP contribution >= 0.6 is 0 Å². The molecule has 0 radical (unpaired) electrons. The first-order chi connectivity index (χ1) is 11.1. The fourth-order valence-electron chi connectivity index (χ4n) is 2.21. The Kier molecular flexibility index (Phi) is 4.76. The SMILES string of the molecule is CC1C(=O)N(CC(=O)NCC(F)(F)F)C(=O)N1c1ccc(F)cc1. The van der Waals surface area contributed by atoms with Crippen LogP contribution in [0.15, 0.2) is 24.3 Å². The number of benzene rings is 1. The second kappa shape index (κ2) is 6.46. The zero-order valence-corrected chi connectivity index (χ0v) is 12.4. The number of halogens is 4. The number of carbonyl (C=O) groups excluding carboxylic acids is 3. The number of hydrogen-bond donors (Lipinski definition) is 1. The summed E-state index contributed by atoms with van der Waals surface area (Å²) in [4.78, 5) is 37.5. The largest absolute Gasteiger partial charge is 0.405 e. The number of imide groups is 1. The number of nitrogens with one attached hydrogen (secondary N) is 1. The van der Waals surface area contributed by atoms with Gasteiger partial charge in [0.05, 0.1) is 0 Å². The Morgan fingerprint density at radius 3 is 2.33 bits per heavy atom. The minimum atomic E-state index is -4.60. The van der Waals surface area contributed by atoms with E-state index in [1.165, 1.54) is 19.1 Å². The molecule has 1 aliphatic heterocycles. The van der Waals surface area contributed by atoms with Gasteiger partial charge in [-0.25, -0.2) is 9.18 Å². The highest BCUT2D eigenvalue weighted by atomic mass is 19.4. The molecule has 1 N–H and O–H groups in total. The van der Waals surface area contributed by atoms with Crippen molar-refractivity contribution in [1.29, 1.82) is 0 Å². The van der Waals surface area contributed by atoms with Crippen LogP contribution in [0.2, 0.25) is 0 Å². The summed E-state index contributed by atoms with van der Waals surface area (Å²) in [5.41, 5.74) is 0.237. The van der Waals surface area contributed by atoms with Crippen molar-refractivity contribution in [3.8, 4) is 0 Å². The number of hydrogen-bond acceptors (Lipinski definition) is 3. The van der Waals surface area contributed by atoms with Crippen molar-refractivity contribution in [1.82, 2.24) is 10.2 Å². The van der Waals surface area contributed by atoms with Crippen molar-refractivity contribution in [2.45, 2.75) is 19.1 Å². The minimum Gasteiger partial charge on any atom is -0.345 e. The second-order valence-electron chi connectivity index (χ2n) is 5.12. The molecule has 0 bridgehead atoms. The average molecular weight is 347 g/mol. The Hall–Kier alpha value is -2.65. The Morgan fingerprint density at radius 2 is 1.79 bits per heavy atom. The van der Waals surface area contributed by atoms with Gasteiger partial charge in [-0.05, 0) is 31.2 Å². The number of anilines is 1. The molecule has 2 rings (SSSR count). The lowest BCUT2D eigenvalue weighted by molar-refractivity contribution is -0.140. The van der Waals surface area contributed by atoms with Gasteiger partial charge in [0.25, 0.3) is 5.91 Å². The van der Waals surface area contributed by atoms with Crippen LogP contribution in [0.4, 0.5) is 28.0 Å². The average Bonchev–Trinajstić information content (AvgIpc) is 2.70. The third-order valence-electron chi connectivity index (χ3n) is 3.34. The molecule has 10 heteroatoms. The summed E-state index contributed by atoms with van der Waals surface area (Å²) in [6.45, 7) is -0.980. The summed E-state index contributed by atoms with van der Waals surface area (Å²) in [6.07, 6.45) is -4.60. The highest BCUT2D eigenvalue weighted by molar-refractivity contribution is 6.15. The maximum Gasteiger partial charge on any atom is 0.405 e. The van der Waals surface area contributed by atoms with Crippen LogP contribution in [0, 0.1) is 5.82 Å². The lowest BCUT2D eigenvalue weighted by Crippen LogP contribution is -2.43. The third-order valence-corrected chi connectivity index (χ3v) is 3.34. The third kappa shape index (κ3) is 3.81. The standard InChI is InChI=1S/C14H13F4N3O3/c1-8-12(23)20(6-11(22)19-7-14(16,17)18)13(24)21(8)10-4-2-9(15)3-5-10/h2-5,8H,6-7H2,1H3,(H,19,22). The van der Waals surface area contributed by atoms with Gasteiger partial charge in [0.2, 0.25) is 5.91 Å². The van der Waals surface area contributed by atoms with E-state index < -0.39 is 49.0 Å². The lowest BCUT2D eigenvalue weighted by atomic mass is 10.2. The number of urea groups is 1. The number of amides is 4. The van der Waals surface area contributed by atoms with Crippen molar-refractivity contribution < 1.29 is 31.9 Å². The van der Waals surface area contributed by atoms with Gasteiger partial charge in [-0.15, -0.1) is 0 Å². The van der Waals surface area contributed by atoms with Gasteiger partial charge < -0.3 is 5.32 Å². The number of carbonyl (C=O) groups is 3. The smallest absolute Gasteiger partial charge is 0.345 e. The zero-order valence-electron chi connectivity index (χ0n) is 12.4. The van der Waals surface area contributed by atoms with Gasteiger partial charge in [-0.2, -0.15) is 13.2 Å². The van der Waals surface area contributed by atoms with E-state index in [4.69, 9.17) is 0 Å². The predicted octanol–water partition coefficient (Wildman–Crippen LogP) is 1.66. The Morgan fingerprint density at radius 1 is 1.21 bits per heavy atom. The van der Waals surface area contributed by atoms with Crippen molar-refractivity contribution >= 4 is 23.5 Å². The molecule has 130 valence electrons. The lowest BCUT2D eigenvalue weighted by Gasteiger charge is -2.19. The molecule has 1 unspecified atom stereocenters.